The van der Waals surface area contributed by atoms with E-state index in [9.17, 15) is 14.7 Å². The second-order valence-electron chi connectivity index (χ2n) is 7.81. The topological polar surface area (TPSA) is 75.4 Å². The van der Waals surface area contributed by atoms with Crippen LogP contribution in [0.4, 0.5) is 0 Å². The molecule has 1 aliphatic carbocycles. The van der Waals surface area contributed by atoms with Gasteiger partial charge in [0.15, 0.2) is 5.54 Å². The Balaban J connectivity index is 2.53. The van der Waals surface area contributed by atoms with Crippen molar-refractivity contribution >= 4 is 5.97 Å². The Labute approximate surface area is 143 Å². The van der Waals surface area contributed by atoms with Crippen LogP contribution in [0.3, 0.4) is 0 Å². The molecular formula is C18H29N3O3. The summed E-state index contributed by atoms with van der Waals surface area (Å²) in [6.07, 6.45) is 3.07. The maximum absolute atomic E-state index is 12.9. The number of carboxylic acids is 1. The first-order valence-electron chi connectivity index (χ1n) is 8.67. The highest BCUT2D eigenvalue weighted by molar-refractivity contribution is 5.76. The molecule has 1 unspecified atom stereocenters. The monoisotopic (exact) mass is 335 g/mol. The smallest absolute Gasteiger partial charge is 0.331 e. The molecule has 134 valence electrons. The van der Waals surface area contributed by atoms with Gasteiger partial charge >= 0.3 is 5.97 Å². The molecule has 2 rings (SSSR count). The first-order chi connectivity index (χ1) is 11.1. The fraction of sp³-hybridized carbons (Fsp3) is 0.722. The van der Waals surface area contributed by atoms with Gasteiger partial charge in [-0.1, -0.05) is 13.8 Å². The minimum absolute atomic E-state index is 0.148. The number of rotatable bonds is 8. The van der Waals surface area contributed by atoms with Crippen molar-refractivity contribution < 1.29 is 9.90 Å². The second-order valence-corrected chi connectivity index (χ2v) is 7.81. The molecule has 1 atom stereocenters. The van der Waals surface area contributed by atoms with Gasteiger partial charge in [0.1, 0.15) is 0 Å². The SMILES string of the molecule is CC(C)CC(C)(C(=O)O)n1nc(CCN(C)C)cc(C2CC2)c1=O. The van der Waals surface area contributed by atoms with Gasteiger partial charge in [-0.3, -0.25) is 4.79 Å². The number of hydrogen-bond donors (Lipinski definition) is 1. The van der Waals surface area contributed by atoms with Crippen LogP contribution in [0.15, 0.2) is 10.9 Å². The van der Waals surface area contributed by atoms with Crippen LogP contribution in [0.1, 0.15) is 57.2 Å². The van der Waals surface area contributed by atoms with E-state index in [1.165, 1.54) is 4.68 Å². The first-order valence-corrected chi connectivity index (χ1v) is 8.67. The van der Waals surface area contributed by atoms with Crippen molar-refractivity contribution in [2.24, 2.45) is 5.92 Å². The van der Waals surface area contributed by atoms with Gasteiger partial charge in [-0.05, 0) is 58.2 Å². The lowest BCUT2D eigenvalue weighted by Gasteiger charge is -2.29. The predicted molar refractivity (Wildman–Crippen MR) is 93.5 cm³/mol. The quantitative estimate of drug-likeness (QED) is 0.787. The normalized spacial score (nSPS) is 17.3. The van der Waals surface area contributed by atoms with E-state index in [0.29, 0.717) is 12.8 Å². The van der Waals surface area contributed by atoms with Crippen LogP contribution in [-0.4, -0.2) is 46.4 Å². The van der Waals surface area contributed by atoms with Gasteiger partial charge in [0, 0.05) is 18.5 Å². The molecule has 1 N–H and O–H groups in total. The van der Waals surface area contributed by atoms with Crippen LogP contribution < -0.4 is 5.56 Å². The molecule has 1 fully saturated rings. The minimum atomic E-state index is -1.32. The maximum atomic E-state index is 12.9. The summed E-state index contributed by atoms with van der Waals surface area (Å²) in [4.78, 5) is 26.9. The van der Waals surface area contributed by atoms with Crippen LogP contribution in [0.25, 0.3) is 0 Å². The van der Waals surface area contributed by atoms with Crippen LogP contribution in [0.2, 0.25) is 0 Å². The molecule has 1 heterocycles. The van der Waals surface area contributed by atoms with E-state index < -0.39 is 11.5 Å². The fourth-order valence-electron chi connectivity index (χ4n) is 3.11. The molecule has 0 spiro atoms. The Hall–Kier alpha value is -1.69. The summed E-state index contributed by atoms with van der Waals surface area (Å²) in [7, 11) is 3.97. The van der Waals surface area contributed by atoms with Crippen LogP contribution in [-0.2, 0) is 16.8 Å². The molecule has 0 radical (unpaired) electrons. The highest BCUT2D eigenvalue weighted by atomic mass is 16.4. The number of hydrogen-bond acceptors (Lipinski definition) is 4. The van der Waals surface area contributed by atoms with Crippen molar-refractivity contribution in [3.8, 4) is 0 Å². The summed E-state index contributed by atoms with van der Waals surface area (Å²) in [5, 5.41) is 14.3. The van der Waals surface area contributed by atoms with Gasteiger partial charge in [-0.25, -0.2) is 9.48 Å². The van der Waals surface area contributed by atoms with E-state index in [1.54, 1.807) is 6.92 Å². The largest absolute Gasteiger partial charge is 0.479 e. The van der Waals surface area contributed by atoms with Gasteiger partial charge in [-0.2, -0.15) is 5.10 Å². The predicted octanol–water partition coefficient (Wildman–Crippen LogP) is 2.07. The summed E-state index contributed by atoms with van der Waals surface area (Å²) in [5.41, 5.74) is -0.0312. The Morgan fingerprint density at radius 2 is 2.08 bits per heavy atom. The molecule has 1 aromatic rings. The maximum Gasteiger partial charge on any atom is 0.331 e. The fourth-order valence-corrected chi connectivity index (χ4v) is 3.11. The summed E-state index contributed by atoms with van der Waals surface area (Å²) < 4.78 is 1.24. The first kappa shape index (κ1) is 18.6. The Morgan fingerprint density at radius 1 is 1.46 bits per heavy atom. The van der Waals surface area contributed by atoms with Crippen molar-refractivity contribution in [2.75, 3.05) is 20.6 Å². The van der Waals surface area contributed by atoms with Gasteiger partial charge < -0.3 is 10.0 Å². The van der Waals surface area contributed by atoms with Crippen LogP contribution in [0, 0.1) is 5.92 Å². The zero-order valence-electron chi connectivity index (χ0n) is 15.4. The molecule has 1 aromatic heterocycles. The third-order valence-electron chi connectivity index (χ3n) is 4.56. The number of aromatic nitrogens is 2. The second kappa shape index (κ2) is 7.05. The molecule has 24 heavy (non-hydrogen) atoms. The molecule has 1 saturated carbocycles. The van der Waals surface area contributed by atoms with E-state index in [2.05, 4.69) is 10.00 Å². The Kier molecular flexibility index (Phi) is 5.48. The Morgan fingerprint density at radius 3 is 2.54 bits per heavy atom. The molecule has 0 bridgehead atoms. The number of carbonyl (C=O) groups is 1. The highest BCUT2D eigenvalue weighted by Crippen LogP contribution is 2.38. The molecule has 6 heteroatoms. The van der Waals surface area contributed by atoms with Gasteiger partial charge in [-0.15, -0.1) is 0 Å². The summed E-state index contributed by atoms with van der Waals surface area (Å²) in [6.45, 7) is 6.34. The lowest BCUT2D eigenvalue weighted by atomic mass is 9.90. The molecule has 0 saturated heterocycles. The zero-order valence-corrected chi connectivity index (χ0v) is 15.4. The standard InChI is InChI=1S/C18H29N3O3/c1-12(2)11-18(3,17(23)24)21-16(22)15(13-6-7-13)10-14(19-21)8-9-20(4)5/h10,12-13H,6-9,11H2,1-5H3,(H,23,24). The Bertz CT molecular complexity index is 662. The lowest BCUT2D eigenvalue weighted by Crippen LogP contribution is -2.48. The number of likely N-dealkylation sites (N-methyl/N-ethyl adjacent to an activating group) is 1. The number of aliphatic carboxylic acids is 1. The van der Waals surface area contributed by atoms with Gasteiger partial charge in [0.2, 0.25) is 0 Å². The molecule has 0 amide bonds. The van der Waals surface area contributed by atoms with E-state index in [0.717, 1.165) is 30.6 Å². The third-order valence-corrected chi connectivity index (χ3v) is 4.56. The lowest BCUT2D eigenvalue weighted by molar-refractivity contribution is -0.148. The average Bonchev–Trinajstić information content (AvgIpc) is 3.29. The van der Waals surface area contributed by atoms with E-state index in [4.69, 9.17) is 0 Å². The summed E-state index contributed by atoms with van der Waals surface area (Å²) in [6, 6.07) is 1.89. The minimum Gasteiger partial charge on any atom is -0.479 e. The molecule has 0 aromatic carbocycles. The van der Waals surface area contributed by atoms with E-state index >= 15 is 0 Å². The van der Waals surface area contributed by atoms with Crippen LogP contribution >= 0.6 is 0 Å². The van der Waals surface area contributed by atoms with Crippen molar-refractivity contribution in [1.29, 1.82) is 0 Å². The average molecular weight is 335 g/mol. The third kappa shape index (κ3) is 4.04. The van der Waals surface area contributed by atoms with E-state index in [1.807, 2.05) is 34.0 Å². The molecule has 1 aliphatic rings. The zero-order chi connectivity index (χ0) is 18.1. The highest BCUT2D eigenvalue weighted by Gasteiger charge is 2.40. The van der Waals surface area contributed by atoms with Crippen LogP contribution in [0.5, 0.6) is 0 Å². The van der Waals surface area contributed by atoms with Crippen molar-refractivity contribution in [3.63, 3.8) is 0 Å². The van der Waals surface area contributed by atoms with Crippen molar-refractivity contribution in [1.82, 2.24) is 14.7 Å². The van der Waals surface area contributed by atoms with E-state index in [-0.39, 0.29) is 17.4 Å². The molecule has 0 aliphatic heterocycles. The van der Waals surface area contributed by atoms with Gasteiger partial charge in [0.05, 0.1) is 5.69 Å². The van der Waals surface area contributed by atoms with Crippen molar-refractivity contribution in [2.45, 2.75) is 57.9 Å². The summed E-state index contributed by atoms with van der Waals surface area (Å²) in [5.74, 6) is -0.589. The van der Waals surface area contributed by atoms with Gasteiger partial charge in [0.25, 0.3) is 5.56 Å². The summed E-state index contributed by atoms with van der Waals surface area (Å²) >= 11 is 0. The van der Waals surface area contributed by atoms with Crippen molar-refractivity contribution in [3.05, 3.63) is 27.7 Å². The number of carboxylic acid groups (broad SMARTS) is 1. The molecule has 6 nitrogen and oxygen atoms in total. The molecular weight excluding hydrogens is 306 g/mol. The number of nitrogens with zero attached hydrogens (tertiary/aromatic N) is 3.